The Morgan fingerprint density at radius 2 is 0.981 bits per heavy atom. The molecular formula is C43H80NO8P. The molecule has 0 aliphatic carbocycles. The first kappa shape index (κ1) is 51.2. The van der Waals surface area contributed by atoms with Gasteiger partial charge in [0.05, 0.1) is 13.2 Å². The number of allylic oxidation sites excluding steroid dienone is 6. The molecule has 0 saturated heterocycles. The molecule has 0 aliphatic rings. The summed E-state index contributed by atoms with van der Waals surface area (Å²) in [7, 11) is -4.38. The van der Waals surface area contributed by atoms with Gasteiger partial charge < -0.3 is 20.1 Å². The van der Waals surface area contributed by atoms with Crippen LogP contribution in [0.15, 0.2) is 36.5 Å². The van der Waals surface area contributed by atoms with Crippen molar-refractivity contribution in [2.24, 2.45) is 5.73 Å². The van der Waals surface area contributed by atoms with Crippen LogP contribution in [0, 0.1) is 0 Å². The Kier molecular flexibility index (Phi) is 38.6. The summed E-state index contributed by atoms with van der Waals surface area (Å²) in [5, 5.41) is 0. The molecule has 310 valence electrons. The molecule has 0 aromatic heterocycles. The van der Waals surface area contributed by atoms with E-state index < -0.39 is 32.5 Å². The highest BCUT2D eigenvalue weighted by molar-refractivity contribution is 7.47. The number of phosphoric ester groups is 1. The topological polar surface area (TPSA) is 134 Å². The van der Waals surface area contributed by atoms with Crippen molar-refractivity contribution in [2.75, 3.05) is 26.4 Å². The Hall–Kier alpha value is -1.77. The summed E-state index contributed by atoms with van der Waals surface area (Å²) >= 11 is 0. The lowest BCUT2D eigenvalue weighted by atomic mass is 10.1. The van der Waals surface area contributed by atoms with Crippen molar-refractivity contribution in [3.05, 3.63) is 36.5 Å². The number of carbonyl (C=O) groups is 2. The van der Waals surface area contributed by atoms with Gasteiger partial charge >= 0.3 is 19.8 Å². The van der Waals surface area contributed by atoms with Crippen molar-refractivity contribution in [3.8, 4) is 0 Å². The molecule has 10 heteroatoms. The summed E-state index contributed by atoms with van der Waals surface area (Å²) in [6.07, 6.45) is 43.1. The summed E-state index contributed by atoms with van der Waals surface area (Å²) in [4.78, 5) is 34.8. The molecule has 0 amide bonds. The van der Waals surface area contributed by atoms with Gasteiger partial charge in [0.25, 0.3) is 0 Å². The van der Waals surface area contributed by atoms with Crippen LogP contribution < -0.4 is 5.73 Å². The molecule has 2 atom stereocenters. The van der Waals surface area contributed by atoms with Crippen LogP contribution in [0.5, 0.6) is 0 Å². The molecular weight excluding hydrogens is 689 g/mol. The molecule has 0 fully saturated rings. The fourth-order valence-electron chi connectivity index (χ4n) is 5.78. The van der Waals surface area contributed by atoms with Gasteiger partial charge in [-0.15, -0.1) is 0 Å². The van der Waals surface area contributed by atoms with Crippen LogP contribution >= 0.6 is 7.82 Å². The van der Waals surface area contributed by atoms with Gasteiger partial charge in [-0.3, -0.25) is 18.6 Å². The predicted molar refractivity (Wildman–Crippen MR) is 220 cm³/mol. The first-order valence-corrected chi connectivity index (χ1v) is 23.0. The maximum Gasteiger partial charge on any atom is 0.472 e. The van der Waals surface area contributed by atoms with Gasteiger partial charge in [0, 0.05) is 19.4 Å². The number of unbranched alkanes of at least 4 members (excludes halogenated alkanes) is 21. The minimum atomic E-state index is -4.38. The Labute approximate surface area is 324 Å². The maximum atomic E-state index is 12.6. The van der Waals surface area contributed by atoms with Gasteiger partial charge in [-0.2, -0.15) is 0 Å². The SMILES string of the molecule is CCCCC/C=C\C/C=C\CCCCCCCCCC(=O)O[C@H](COC(=O)CCCCCCC/C=C\CCCCCCCC)COP(=O)(O)OCCN. The van der Waals surface area contributed by atoms with Gasteiger partial charge in [0.1, 0.15) is 6.61 Å². The highest BCUT2D eigenvalue weighted by Gasteiger charge is 2.26. The molecule has 0 bridgehead atoms. The average Bonchev–Trinajstić information content (AvgIpc) is 3.14. The molecule has 0 aromatic carbocycles. The minimum Gasteiger partial charge on any atom is -0.462 e. The molecule has 0 aliphatic heterocycles. The largest absolute Gasteiger partial charge is 0.472 e. The number of ether oxygens (including phenoxy) is 2. The third-order valence-electron chi connectivity index (χ3n) is 9.00. The number of carbonyl (C=O) groups excluding carboxylic acids is 2. The lowest BCUT2D eigenvalue weighted by Gasteiger charge is -2.19. The standard InChI is InChI=1S/C43H80NO8P/c1-3-5-7-9-11-13-15-17-19-20-22-24-26-28-30-32-34-36-43(46)52-41(40-51-53(47,48)50-38-37-44)39-49-42(45)35-33-31-29-27-25-23-21-18-16-14-12-10-8-6-4-2/h11,13,17-19,21,41H,3-10,12,14-16,20,22-40,44H2,1-2H3,(H,47,48)/b13-11-,19-17-,21-18-/t41-/m1/s1. The second-order valence-electron chi connectivity index (χ2n) is 14.2. The third-order valence-corrected chi connectivity index (χ3v) is 9.98. The van der Waals surface area contributed by atoms with Crippen molar-refractivity contribution in [3.63, 3.8) is 0 Å². The van der Waals surface area contributed by atoms with Crippen molar-refractivity contribution in [2.45, 2.75) is 200 Å². The number of nitrogens with two attached hydrogens (primary N) is 1. The summed E-state index contributed by atoms with van der Waals surface area (Å²) in [5.74, 6) is -0.846. The van der Waals surface area contributed by atoms with Gasteiger partial charge in [-0.25, -0.2) is 4.57 Å². The molecule has 3 N–H and O–H groups in total. The molecule has 0 spiro atoms. The summed E-state index contributed by atoms with van der Waals surface area (Å²) in [5.41, 5.74) is 5.34. The maximum absolute atomic E-state index is 12.6. The molecule has 0 aromatic rings. The summed E-state index contributed by atoms with van der Waals surface area (Å²) in [6, 6.07) is 0. The van der Waals surface area contributed by atoms with Gasteiger partial charge in [0.2, 0.25) is 0 Å². The fourth-order valence-corrected chi connectivity index (χ4v) is 6.54. The lowest BCUT2D eigenvalue weighted by Crippen LogP contribution is -2.29. The van der Waals surface area contributed by atoms with Gasteiger partial charge in [-0.05, 0) is 70.6 Å². The summed E-state index contributed by atoms with van der Waals surface area (Å²) < 4.78 is 32.7. The lowest BCUT2D eigenvalue weighted by molar-refractivity contribution is -0.161. The van der Waals surface area contributed by atoms with E-state index in [2.05, 4.69) is 50.3 Å². The van der Waals surface area contributed by atoms with Gasteiger partial charge in [0.15, 0.2) is 6.10 Å². The molecule has 0 radical (unpaired) electrons. The Morgan fingerprint density at radius 1 is 0.566 bits per heavy atom. The highest BCUT2D eigenvalue weighted by Crippen LogP contribution is 2.43. The fraction of sp³-hybridized carbons (Fsp3) is 0.814. The molecule has 9 nitrogen and oxygen atoms in total. The normalized spacial score (nSPS) is 13.7. The van der Waals surface area contributed by atoms with Crippen molar-refractivity contribution in [1.82, 2.24) is 0 Å². The quantitative estimate of drug-likeness (QED) is 0.0270. The van der Waals surface area contributed by atoms with Crippen LogP contribution in [-0.4, -0.2) is 49.3 Å². The summed E-state index contributed by atoms with van der Waals surface area (Å²) in [6.45, 7) is 3.69. The van der Waals surface area contributed by atoms with Gasteiger partial charge in [-0.1, -0.05) is 147 Å². The molecule has 53 heavy (non-hydrogen) atoms. The Morgan fingerprint density at radius 3 is 1.49 bits per heavy atom. The zero-order valence-corrected chi connectivity index (χ0v) is 34.9. The van der Waals surface area contributed by atoms with Crippen LogP contribution in [0.3, 0.4) is 0 Å². The monoisotopic (exact) mass is 770 g/mol. The van der Waals surface area contributed by atoms with E-state index in [1.807, 2.05) is 0 Å². The number of phosphoric acid groups is 1. The number of hydrogen-bond donors (Lipinski definition) is 2. The smallest absolute Gasteiger partial charge is 0.462 e. The Bertz CT molecular complexity index is 970. The highest BCUT2D eigenvalue weighted by atomic mass is 31.2. The van der Waals surface area contributed by atoms with E-state index in [-0.39, 0.29) is 32.6 Å². The van der Waals surface area contributed by atoms with Crippen LogP contribution in [0.25, 0.3) is 0 Å². The molecule has 0 rings (SSSR count). The number of rotatable bonds is 40. The second kappa shape index (κ2) is 39.9. The third kappa shape index (κ3) is 39.7. The predicted octanol–water partition coefficient (Wildman–Crippen LogP) is 12.2. The first-order valence-electron chi connectivity index (χ1n) is 21.5. The van der Waals surface area contributed by atoms with E-state index in [1.165, 1.54) is 89.9 Å². The zero-order chi connectivity index (χ0) is 38.9. The molecule has 0 heterocycles. The van der Waals surface area contributed by atoms with E-state index in [0.29, 0.717) is 6.42 Å². The van der Waals surface area contributed by atoms with E-state index in [0.717, 1.165) is 70.6 Å². The molecule has 1 unspecified atom stereocenters. The van der Waals surface area contributed by atoms with Crippen LogP contribution in [0.2, 0.25) is 0 Å². The van der Waals surface area contributed by atoms with E-state index in [9.17, 15) is 19.0 Å². The van der Waals surface area contributed by atoms with Crippen molar-refractivity contribution < 1.29 is 37.6 Å². The van der Waals surface area contributed by atoms with E-state index >= 15 is 0 Å². The second-order valence-corrected chi connectivity index (χ2v) is 15.7. The average molecular weight is 770 g/mol. The van der Waals surface area contributed by atoms with Crippen molar-refractivity contribution >= 4 is 19.8 Å². The van der Waals surface area contributed by atoms with Crippen LogP contribution in [-0.2, 0) is 32.7 Å². The van der Waals surface area contributed by atoms with E-state index in [1.54, 1.807) is 0 Å². The number of hydrogen-bond acceptors (Lipinski definition) is 8. The Balaban J connectivity index is 4.18. The van der Waals surface area contributed by atoms with Crippen LogP contribution in [0.4, 0.5) is 0 Å². The minimum absolute atomic E-state index is 0.0506. The number of esters is 2. The van der Waals surface area contributed by atoms with Crippen molar-refractivity contribution in [1.29, 1.82) is 0 Å². The van der Waals surface area contributed by atoms with E-state index in [4.69, 9.17) is 24.3 Å². The first-order chi connectivity index (χ1) is 25.8. The zero-order valence-electron chi connectivity index (χ0n) is 34.0. The molecule has 0 saturated carbocycles. The van der Waals surface area contributed by atoms with Crippen LogP contribution in [0.1, 0.15) is 194 Å².